The molecule has 1 saturated heterocycles. The highest BCUT2D eigenvalue weighted by atomic mass is 15.2. The predicted octanol–water partition coefficient (Wildman–Crippen LogP) is 1.86. The van der Waals surface area contributed by atoms with Crippen LogP contribution in [0.2, 0.25) is 0 Å². The first kappa shape index (κ1) is 10.4. The Morgan fingerprint density at radius 2 is 2.14 bits per heavy atom. The lowest BCUT2D eigenvalue weighted by Gasteiger charge is -2.49. The highest BCUT2D eigenvalue weighted by Gasteiger charge is 2.36. The summed E-state index contributed by atoms with van der Waals surface area (Å²) in [5.74, 6) is 0.975. The second-order valence-electron chi connectivity index (χ2n) is 5.54. The fourth-order valence-electron chi connectivity index (χ4n) is 2.79. The van der Waals surface area contributed by atoms with E-state index in [1.165, 1.54) is 38.9 Å². The molecule has 14 heavy (non-hydrogen) atoms. The number of piperazine rings is 1. The Balaban J connectivity index is 1.88. The Labute approximate surface area is 88.1 Å². The summed E-state index contributed by atoms with van der Waals surface area (Å²) >= 11 is 0. The van der Waals surface area contributed by atoms with Crippen molar-refractivity contribution >= 4 is 0 Å². The van der Waals surface area contributed by atoms with Crippen molar-refractivity contribution in [2.24, 2.45) is 5.92 Å². The summed E-state index contributed by atoms with van der Waals surface area (Å²) in [5.41, 5.74) is 0.372. The van der Waals surface area contributed by atoms with Gasteiger partial charge < -0.3 is 5.32 Å². The largest absolute Gasteiger partial charge is 0.309 e. The molecule has 2 aliphatic rings. The molecule has 1 heterocycles. The molecule has 82 valence electrons. The zero-order valence-electron chi connectivity index (χ0n) is 9.84. The molecule has 2 fully saturated rings. The fourth-order valence-corrected chi connectivity index (χ4v) is 2.79. The highest BCUT2D eigenvalue weighted by molar-refractivity contribution is 4.95. The normalized spacial score (nSPS) is 44.8. The van der Waals surface area contributed by atoms with Crippen molar-refractivity contribution in [3.8, 4) is 0 Å². The fraction of sp³-hybridized carbons (Fsp3) is 1.00. The summed E-state index contributed by atoms with van der Waals surface area (Å²) in [6, 6.07) is 0.901. The maximum Gasteiger partial charge on any atom is 0.0278 e. The first-order valence-electron chi connectivity index (χ1n) is 6.12. The highest BCUT2D eigenvalue weighted by Crippen LogP contribution is 2.32. The lowest BCUT2D eigenvalue weighted by Crippen LogP contribution is -2.62. The number of hydrogen-bond acceptors (Lipinski definition) is 2. The second-order valence-corrected chi connectivity index (χ2v) is 5.54. The van der Waals surface area contributed by atoms with Crippen LogP contribution < -0.4 is 5.32 Å². The van der Waals surface area contributed by atoms with Crippen molar-refractivity contribution in [1.82, 2.24) is 10.2 Å². The molecule has 0 aromatic rings. The average Bonchev–Trinajstić information content (AvgIpc) is 2.13. The summed E-state index contributed by atoms with van der Waals surface area (Å²) in [4.78, 5) is 2.71. The molecule has 0 radical (unpaired) electrons. The molecule has 2 nitrogen and oxygen atoms in total. The summed E-state index contributed by atoms with van der Waals surface area (Å²) in [5, 5.41) is 3.65. The van der Waals surface area contributed by atoms with Gasteiger partial charge in [-0.05, 0) is 32.1 Å². The van der Waals surface area contributed by atoms with E-state index in [0.717, 1.165) is 12.0 Å². The Bertz CT molecular complexity index is 198. The zero-order chi connectivity index (χ0) is 10.2. The molecular weight excluding hydrogens is 172 g/mol. The predicted molar refractivity (Wildman–Crippen MR) is 60.5 cm³/mol. The van der Waals surface area contributed by atoms with Crippen molar-refractivity contribution in [1.29, 1.82) is 0 Å². The van der Waals surface area contributed by atoms with Crippen molar-refractivity contribution < 1.29 is 0 Å². The van der Waals surface area contributed by atoms with E-state index in [1.807, 2.05) is 0 Å². The number of nitrogens with one attached hydrogen (secondary N) is 1. The molecule has 0 bridgehead atoms. The number of hydrogen-bond donors (Lipinski definition) is 1. The van der Waals surface area contributed by atoms with Gasteiger partial charge in [0.05, 0.1) is 0 Å². The molecule has 1 atom stereocenters. The smallest absolute Gasteiger partial charge is 0.0278 e. The summed E-state index contributed by atoms with van der Waals surface area (Å²) < 4.78 is 0. The molecule has 1 aliphatic heterocycles. The summed E-state index contributed by atoms with van der Waals surface area (Å²) in [7, 11) is 0. The van der Waals surface area contributed by atoms with Crippen molar-refractivity contribution in [2.45, 2.75) is 51.6 Å². The maximum absolute atomic E-state index is 3.65. The van der Waals surface area contributed by atoms with E-state index in [-0.39, 0.29) is 0 Å². The minimum atomic E-state index is 0.372. The van der Waals surface area contributed by atoms with Gasteiger partial charge in [-0.15, -0.1) is 0 Å². The van der Waals surface area contributed by atoms with E-state index in [2.05, 4.69) is 31.0 Å². The van der Waals surface area contributed by atoms with Crippen LogP contribution >= 0.6 is 0 Å². The van der Waals surface area contributed by atoms with Crippen LogP contribution in [-0.4, -0.2) is 36.1 Å². The monoisotopic (exact) mass is 196 g/mol. The van der Waals surface area contributed by atoms with Crippen LogP contribution in [0.25, 0.3) is 0 Å². The Morgan fingerprint density at radius 3 is 2.71 bits per heavy atom. The molecule has 1 N–H and O–H groups in total. The van der Waals surface area contributed by atoms with E-state index in [9.17, 15) is 0 Å². The molecule has 1 unspecified atom stereocenters. The van der Waals surface area contributed by atoms with Crippen LogP contribution in [0.3, 0.4) is 0 Å². The van der Waals surface area contributed by atoms with Gasteiger partial charge in [0.15, 0.2) is 0 Å². The van der Waals surface area contributed by atoms with Crippen LogP contribution in [0.4, 0.5) is 0 Å². The molecule has 2 rings (SSSR count). The second kappa shape index (κ2) is 3.82. The van der Waals surface area contributed by atoms with Crippen molar-refractivity contribution in [3.63, 3.8) is 0 Å². The van der Waals surface area contributed by atoms with E-state index in [4.69, 9.17) is 0 Å². The van der Waals surface area contributed by atoms with Gasteiger partial charge in [-0.3, -0.25) is 4.90 Å². The van der Waals surface area contributed by atoms with Gasteiger partial charge in [-0.2, -0.15) is 0 Å². The number of nitrogens with zero attached hydrogens (tertiary/aromatic N) is 1. The van der Waals surface area contributed by atoms with Crippen LogP contribution in [0.1, 0.15) is 40.0 Å². The van der Waals surface area contributed by atoms with Crippen LogP contribution in [0, 0.1) is 5.92 Å². The molecular formula is C12H24N2. The molecule has 2 heteroatoms. The summed E-state index contributed by atoms with van der Waals surface area (Å²) in [6.07, 6.45) is 4.10. The van der Waals surface area contributed by atoms with E-state index < -0.39 is 0 Å². The molecule has 0 aromatic carbocycles. The van der Waals surface area contributed by atoms with Gasteiger partial charge in [0, 0.05) is 31.2 Å². The number of rotatable bonds is 2. The van der Waals surface area contributed by atoms with Crippen LogP contribution in [0.15, 0.2) is 0 Å². The van der Waals surface area contributed by atoms with E-state index in [0.29, 0.717) is 5.54 Å². The SMILES string of the molecule is CCC1(C)CN(C2CC(C)C2)CCN1. The van der Waals surface area contributed by atoms with E-state index >= 15 is 0 Å². The lowest BCUT2D eigenvalue weighted by molar-refractivity contribution is 0.0357. The average molecular weight is 196 g/mol. The lowest BCUT2D eigenvalue weighted by atomic mass is 9.79. The van der Waals surface area contributed by atoms with Gasteiger partial charge in [0.25, 0.3) is 0 Å². The van der Waals surface area contributed by atoms with Gasteiger partial charge >= 0.3 is 0 Å². The molecule has 0 amide bonds. The van der Waals surface area contributed by atoms with Crippen molar-refractivity contribution in [2.75, 3.05) is 19.6 Å². The third kappa shape index (κ3) is 1.96. The first-order chi connectivity index (χ1) is 6.63. The third-order valence-corrected chi connectivity index (χ3v) is 4.15. The summed E-state index contributed by atoms with van der Waals surface area (Å²) in [6.45, 7) is 10.7. The Morgan fingerprint density at radius 1 is 1.43 bits per heavy atom. The van der Waals surface area contributed by atoms with Gasteiger partial charge in [0.1, 0.15) is 0 Å². The van der Waals surface area contributed by atoms with Gasteiger partial charge in [0.2, 0.25) is 0 Å². The third-order valence-electron chi connectivity index (χ3n) is 4.15. The van der Waals surface area contributed by atoms with Crippen LogP contribution in [-0.2, 0) is 0 Å². The van der Waals surface area contributed by atoms with Gasteiger partial charge in [-0.1, -0.05) is 13.8 Å². The minimum Gasteiger partial charge on any atom is -0.309 e. The standard InChI is InChI=1S/C12H24N2/c1-4-12(3)9-14(6-5-13-12)11-7-10(2)8-11/h10-11,13H,4-9H2,1-3H3. The van der Waals surface area contributed by atoms with Crippen molar-refractivity contribution in [3.05, 3.63) is 0 Å². The Kier molecular flexibility index (Phi) is 2.85. The van der Waals surface area contributed by atoms with E-state index in [1.54, 1.807) is 0 Å². The topological polar surface area (TPSA) is 15.3 Å². The van der Waals surface area contributed by atoms with Gasteiger partial charge in [-0.25, -0.2) is 0 Å². The quantitative estimate of drug-likeness (QED) is 0.725. The molecule has 1 aliphatic carbocycles. The zero-order valence-corrected chi connectivity index (χ0v) is 9.84. The minimum absolute atomic E-state index is 0.372. The van der Waals surface area contributed by atoms with Crippen LogP contribution in [0.5, 0.6) is 0 Å². The maximum atomic E-state index is 3.65. The molecule has 1 saturated carbocycles. The first-order valence-corrected chi connectivity index (χ1v) is 6.12. The molecule has 0 aromatic heterocycles. The molecule has 0 spiro atoms. The Hall–Kier alpha value is -0.0800.